The van der Waals surface area contributed by atoms with E-state index in [9.17, 15) is 0 Å². The first-order valence-corrected chi connectivity index (χ1v) is 14.1. The molecule has 1 aromatic carbocycles. The highest BCUT2D eigenvalue weighted by Gasteiger charge is 2.39. The molecule has 150 valence electrons. The summed E-state index contributed by atoms with van der Waals surface area (Å²) < 4.78 is 6.08. The Bertz CT molecular complexity index is 737. The molecule has 1 aliphatic rings. The van der Waals surface area contributed by atoms with Crippen molar-refractivity contribution >= 4 is 8.07 Å². The predicted molar refractivity (Wildman–Crippen MR) is 123 cm³/mol. The molecule has 0 saturated carbocycles. The number of aryl methyl sites for hydroxylation is 1. The molecule has 2 rings (SSSR count). The summed E-state index contributed by atoms with van der Waals surface area (Å²) in [5.74, 6) is 1.09. The third kappa shape index (κ3) is 4.11. The fourth-order valence-corrected chi connectivity index (χ4v) is 5.82. The van der Waals surface area contributed by atoms with Crippen LogP contribution in [-0.2, 0) is 10.8 Å². The van der Waals surface area contributed by atoms with Crippen molar-refractivity contribution in [1.29, 1.82) is 0 Å². The summed E-state index contributed by atoms with van der Waals surface area (Å²) in [6.45, 7) is 21.1. The highest BCUT2D eigenvalue weighted by molar-refractivity contribution is 6.78. The van der Waals surface area contributed by atoms with Gasteiger partial charge in [-0.2, -0.15) is 0 Å². The number of benzene rings is 1. The topological polar surface area (TPSA) is 9.23 Å². The molecular weight excluding hydrogens is 344 g/mol. The van der Waals surface area contributed by atoms with Crippen LogP contribution in [0.25, 0.3) is 0 Å². The number of rotatable bonds is 6. The maximum absolute atomic E-state index is 6.08. The monoisotopic (exact) mass is 384 g/mol. The van der Waals surface area contributed by atoms with E-state index in [-0.39, 0.29) is 10.8 Å². The van der Waals surface area contributed by atoms with Gasteiger partial charge in [0.2, 0.25) is 0 Å². The number of ether oxygens (including phenoxy) is 1. The van der Waals surface area contributed by atoms with E-state index in [1.807, 2.05) is 7.11 Å². The van der Waals surface area contributed by atoms with Crippen LogP contribution in [-0.4, -0.2) is 15.2 Å². The lowest BCUT2D eigenvalue weighted by Crippen LogP contribution is -2.29. The molecule has 0 aromatic heterocycles. The maximum Gasteiger partial charge on any atom is 0.126 e. The van der Waals surface area contributed by atoms with Crippen molar-refractivity contribution in [2.45, 2.75) is 90.4 Å². The van der Waals surface area contributed by atoms with Gasteiger partial charge in [0.25, 0.3) is 0 Å². The second kappa shape index (κ2) is 7.62. The molecule has 1 unspecified atom stereocenters. The molecule has 27 heavy (non-hydrogen) atoms. The van der Waals surface area contributed by atoms with E-state index >= 15 is 0 Å². The summed E-state index contributed by atoms with van der Waals surface area (Å²) in [5.41, 5.74) is 6.20. The summed E-state index contributed by atoms with van der Waals surface area (Å²) in [4.78, 5) is 0. The minimum atomic E-state index is -1.24. The van der Waals surface area contributed by atoms with Gasteiger partial charge in [-0.25, -0.2) is 0 Å². The zero-order valence-corrected chi connectivity index (χ0v) is 20.3. The Morgan fingerprint density at radius 1 is 1.00 bits per heavy atom. The van der Waals surface area contributed by atoms with E-state index in [2.05, 4.69) is 91.5 Å². The zero-order valence-electron chi connectivity index (χ0n) is 19.3. The van der Waals surface area contributed by atoms with Crippen LogP contribution in [0.3, 0.4) is 0 Å². The molecule has 1 aromatic rings. The van der Waals surface area contributed by atoms with Gasteiger partial charge in [0.1, 0.15) is 5.75 Å². The summed E-state index contributed by atoms with van der Waals surface area (Å²) >= 11 is 0. The Morgan fingerprint density at radius 3 is 1.96 bits per heavy atom. The summed E-state index contributed by atoms with van der Waals surface area (Å²) in [7, 11) is 0.597. The van der Waals surface area contributed by atoms with Crippen LogP contribution in [0.4, 0.5) is 0 Å². The summed E-state index contributed by atoms with van der Waals surface area (Å²) in [5, 5.41) is 0. The number of allylic oxidation sites excluding steroid dienone is 4. The lowest BCUT2D eigenvalue weighted by molar-refractivity contribution is 0.371. The Labute approximate surface area is 168 Å². The SMILES string of the molecule is CCC(CC)(C1=CC([Si](C)(C)C)C=C1)c1cc(C)cc(C(C)(C)C)c1OC. The van der Waals surface area contributed by atoms with E-state index in [0.717, 1.165) is 18.6 Å². The minimum Gasteiger partial charge on any atom is -0.496 e. The highest BCUT2D eigenvalue weighted by Crippen LogP contribution is 2.50. The largest absolute Gasteiger partial charge is 0.496 e. The third-order valence-electron chi connectivity index (χ3n) is 6.36. The van der Waals surface area contributed by atoms with E-state index in [4.69, 9.17) is 4.74 Å². The molecular formula is C25H40OSi. The second-order valence-corrected chi connectivity index (χ2v) is 15.7. The van der Waals surface area contributed by atoms with Gasteiger partial charge < -0.3 is 4.74 Å². The van der Waals surface area contributed by atoms with E-state index in [1.165, 1.54) is 22.3 Å². The van der Waals surface area contributed by atoms with E-state index in [0.29, 0.717) is 5.54 Å². The Morgan fingerprint density at radius 2 is 1.56 bits per heavy atom. The average Bonchev–Trinajstić information content (AvgIpc) is 3.06. The van der Waals surface area contributed by atoms with E-state index in [1.54, 1.807) is 0 Å². The third-order valence-corrected chi connectivity index (χ3v) is 8.72. The normalized spacial score (nSPS) is 18.0. The number of hydrogen-bond acceptors (Lipinski definition) is 1. The predicted octanol–water partition coefficient (Wildman–Crippen LogP) is 7.56. The van der Waals surface area contributed by atoms with Crippen molar-refractivity contribution in [2.24, 2.45) is 0 Å². The van der Waals surface area contributed by atoms with Crippen LogP contribution in [0.15, 0.2) is 35.9 Å². The van der Waals surface area contributed by atoms with Gasteiger partial charge in [-0.15, -0.1) is 0 Å². The maximum atomic E-state index is 6.08. The second-order valence-electron chi connectivity index (χ2n) is 10.3. The zero-order chi connectivity index (χ0) is 20.6. The smallest absolute Gasteiger partial charge is 0.126 e. The first-order chi connectivity index (χ1) is 12.4. The van der Waals surface area contributed by atoms with Gasteiger partial charge in [0.05, 0.1) is 15.2 Å². The van der Waals surface area contributed by atoms with Crippen LogP contribution in [0.5, 0.6) is 5.75 Å². The van der Waals surface area contributed by atoms with Crippen molar-refractivity contribution < 1.29 is 4.74 Å². The molecule has 1 nitrogen and oxygen atoms in total. The van der Waals surface area contributed by atoms with Gasteiger partial charge in [-0.3, -0.25) is 0 Å². The lowest BCUT2D eigenvalue weighted by atomic mass is 9.68. The Hall–Kier alpha value is -1.28. The standard InChI is InChI=1S/C25H40OSi/c1-11-25(12-2,19-13-14-20(17-19)27(8,9)10)22-16-18(3)15-21(23(22)26-7)24(4,5)6/h13-17,20H,11-12H2,1-10H3. The summed E-state index contributed by atoms with van der Waals surface area (Å²) in [6.07, 6.45) is 9.60. The molecule has 0 spiro atoms. The highest BCUT2D eigenvalue weighted by atomic mass is 28.3. The Kier molecular flexibility index (Phi) is 6.21. The minimum absolute atomic E-state index is 0.0161. The van der Waals surface area contributed by atoms with E-state index < -0.39 is 8.07 Å². The molecule has 0 heterocycles. The molecule has 0 fully saturated rings. The summed E-state index contributed by atoms with van der Waals surface area (Å²) in [6, 6.07) is 4.68. The molecule has 0 N–H and O–H groups in total. The molecule has 0 saturated heterocycles. The van der Waals surface area contributed by atoms with Crippen molar-refractivity contribution in [3.05, 3.63) is 52.6 Å². The van der Waals surface area contributed by atoms with Crippen molar-refractivity contribution in [1.82, 2.24) is 0 Å². The van der Waals surface area contributed by atoms with Crippen LogP contribution in [0.1, 0.15) is 64.2 Å². The first kappa shape index (κ1) is 22.0. The number of hydrogen-bond donors (Lipinski definition) is 0. The molecule has 0 bridgehead atoms. The van der Waals surface area contributed by atoms with Gasteiger partial charge >= 0.3 is 0 Å². The lowest BCUT2D eigenvalue weighted by Gasteiger charge is -2.37. The van der Waals surface area contributed by atoms with Crippen molar-refractivity contribution in [3.8, 4) is 5.75 Å². The van der Waals surface area contributed by atoms with Gasteiger partial charge in [-0.1, -0.05) is 90.2 Å². The first-order valence-electron chi connectivity index (χ1n) is 10.5. The van der Waals surface area contributed by atoms with Gasteiger partial charge in [-0.05, 0) is 36.3 Å². The quantitative estimate of drug-likeness (QED) is 0.460. The molecule has 1 atom stereocenters. The van der Waals surface area contributed by atoms with Gasteiger partial charge in [0, 0.05) is 16.5 Å². The molecule has 0 aliphatic heterocycles. The fourth-order valence-electron chi connectivity index (χ4n) is 4.47. The molecule has 0 amide bonds. The molecule has 2 heteroatoms. The number of methoxy groups -OCH3 is 1. The Balaban J connectivity index is 2.75. The molecule has 0 radical (unpaired) electrons. The van der Waals surface area contributed by atoms with Gasteiger partial charge in [0.15, 0.2) is 0 Å². The van der Waals surface area contributed by atoms with Crippen LogP contribution in [0, 0.1) is 6.92 Å². The van der Waals surface area contributed by atoms with Crippen molar-refractivity contribution in [2.75, 3.05) is 7.11 Å². The van der Waals surface area contributed by atoms with Crippen LogP contribution >= 0.6 is 0 Å². The van der Waals surface area contributed by atoms with Crippen molar-refractivity contribution in [3.63, 3.8) is 0 Å². The molecule has 1 aliphatic carbocycles. The van der Waals surface area contributed by atoms with Crippen LogP contribution in [0.2, 0.25) is 25.2 Å². The average molecular weight is 385 g/mol. The van der Waals surface area contributed by atoms with Crippen LogP contribution < -0.4 is 4.74 Å². The fraction of sp³-hybridized carbons (Fsp3) is 0.600.